The van der Waals surface area contributed by atoms with E-state index in [0.29, 0.717) is 11.7 Å². The maximum atomic E-state index is 13.3. The highest BCUT2D eigenvalue weighted by atomic mass is 16.2. The second kappa shape index (κ2) is 6.62. The molecule has 0 spiro atoms. The molecule has 2 atom stereocenters. The molecular formula is C22H23N7O. The Labute approximate surface area is 174 Å². The molecule has 3 aromatic heterocycles. The van der Waals surface area contributed by atoms with Gasteiger partial charge >= 0.3 is 0 Å². The first-order valence-electron chi connectivity index (χ1n) is 10.6. The summed E-state index contributed by atoms with van der Waals surface area (Å²) in [6.45, 7) is 0. The van der Waals surface area contributed by atoms with Crippen LogP contribution in [0, 0.1) is 0 Å². The van der Waals surface area contributed by atoms with Crippen molar-refractivity contribution >= 4 is 11.7 Å². The van der Waals surface area contributed by atoms with Crippen LogP contribution in [0.4, 0.5) is 5.82 Å². The average molecular weight is 401 g/mol. The molecule has 8 heteroatoms. The number of nitrogens with zero attached hydrogens (tertiary/aromatic N) is 6. The first kappa shape index (κ1) is 17.6. The molecule has 1 saturated heterocycles. The van der Waals surface area contributed by atoms with Gasteiger partial charge in [-0.25, -0.2) is 9.97 Å². The van der Waals surface area contributed by atoms with Crippen LogP contribution in [0.15, 0.2) is 36.8 Å². The molecule has 1 N–H and O–H groups in total. The fourth-order valence-corrected chi connectivity index (χ4v) is 4.74. The Morgan fingerprint density at radius 1 is 1.10 bits per heavy atom. The lowest BCUT2D eigenvalue weighted by molar-refractivity contribution is 0.0638. The van der Waals surface area contributed by atoms with Gasteiger partial charge in [0.2, 0.25) is 0 Å². The fraction of sp³-hybridized carbons (Fsp3) is 0.409. The van der Waals surface area contributed by atoms with Crippen molar-refractivity contribution in [2.24, 2.45) is 7.05 Å². The van der Waals surface area contributed by atoms with Gasteiger partial charge in [-0.2, -0.15) is 5.10 Å². The number of aryl methyl sites for hydroxylation is 1. The summed E-state index contributed by atoms with van der Waals surface area (Å²) >= 11 is 0. The van der Waals surface area contributed by atoms with E-state index in [2.05, 4.69) is 15.4 Å². The van der Waals surface area contributed by atoms with Crippen LogP contribution < -0.4 is 5.32 Å². The third-order valence-electron chi connectivity index (χ3n) is 6.31. The summed E-state index contributed by atoms with van der Waals surface area (Å²) in [6.07, 6.45) is 10.3. The van der Waals surface area contributed by atoms with E-state index in [-0.39, 0.29) is 18.0 Å². The molecule has 0 aromatic carbocycles. The predicted molar refractivity (Wildman–Crippen MR) is 111 cm³/mol. The summed E-state index contributed by atoms with van der Waals surface area (Å²) in [6, 6.07) is 6.30. The summed E-state index contributed by atoms with van der Waals surface area (Å²) in [5.41, 5.74) is 3.63. The largest absolute Gasteiger partial charge is 0.367 e. The molecular weight excluding hydrogens is 378 g/mol. The van der Waals surface area contributed by atoms with Crippen molar-refractivity contribution in [3.63, 3.8) is 0 Å². The van der Waals surface area contributed by atoms with Gasteiger partial charge in [-0.15, -0.1) is 0 Å². The van der Waals surface area contributed by atoms with Gasteiger partial charge in [-0.05, 0) is 43.9 Å². The third-order valence-corrected chi connectivity index (χ3v) is 6.31. The molecule has 30 heavy (non-hydrogen) atoms. The zero-order valence-corrected chi connectivity index (χ0v) is 16.8. The van der Waals surface area contributed by atoms with E-state index in [4.69, 9.17) is 9.97 Å². The van der Waals surface area contributed by atoms with E-state index < -0.39 is 0 Å². The van der Waals surface area contributed by atoms with Crippen LogP contribution in [0.3, 0.4) is 0 Å². The van der Waals surface area contributed by atoms with Crippen LogP contribution in [0.1, 0.15) is 53.5 Å². The van der Waals surface area contributed by atoms with Crippen molar-refractivity contribution < 1.29 is 4.79 Å². The maximum Gasteiger partial charge on any atom is 0.275 e. The number of anilines is 1. The minimum absolute atomic E-state index is 0.000922. The van der Waals surface area contributed by atoms with Crippen molar-refractivity contribution in [3.8, 4) is 11.4 Å². The van der Waals surface area contributed by atoms with Crippen molar-refractivity contribution in [1.82, 2.24) is 29.6 Å². The number of aromatic nitrogens is 5. The number of carbonyl (C=O) groups is 1. The molecule has 8 nitrogen and oxygen atoms in total. The monoisotopic (exact) mass is 401 g/mol. The zero-order chi connectivity index (χ0) is 20.2. The molecule has 6 rings (SSSR count). The van der Waals surface area contributed by atoms with E-state index in [1.807, 2.05) is 30.3 Å². The SMILES string of the molecule is Cn1ccc(C(=O)N2C3CCC2c2c(nc(-c4ccncc4)nc2NC2CC2)C3)n1. The summed E-state index contributed by atoms with van der Waals surface area (Å²) in [5, 5.41) is 7.96. The van der Waals surface area contributed by atoms with Gasteiger partial charge in [-0.3, -0.25) is 14.5 Å². The third kappa shape index (κ3) is 2.86. The number of pyridine rings is 1. The first-order chi connectivity index (χ1) is 14.7. The molecule has 1 saturated carbocycles. The minimum Gasteiger partial charge on any atom is -0.367 e. The number of amides is 1. The highest BCUT2D eigenvalue weighted by molar-refractivity contribution is 5.93. The van der Waals surface area contributed by atoms with Gasteiger partial charge in [0.05, 0.1) is 11.7 Å². The minimum atomic E-state index is 0.000922. The van der Waals surface area contributed by atoms with Gasteiger partial charge in [-0.1, -0.05) is 0 Å². The molecule has 3 aliphatic rings. The Balaban J connectivity index is 1.43. The standard InChI is InChI=1S/C22H23N7O/c1-28-11-8-16(27-28)22(30)29-15-4-5-18(29)19-17(12-15)25-20(13-6-9-23-10-7-13)26-21(19)24-14-2-3-14/h6-11,14-15,18H,2-5,12H2,1H3,(H,24,25,26). The summed E-state index contributed by atoms with van der Waals surface area (Å²) in [4.78, 5) is 29.3. The van der Waals surface area contributed by atoms with Gasteiger partial charge in [0, 0.05) is 55.3 Å². The molecule has 5 heterocycles. The lowest BCUT2D eigenvalue weighted by atomic mass is 9.97. The summed E-state index contributed by atoms with van der Waals surface area (Å²) in [5.74, 6) is 1.62. The smallest absolute Gasteiger partial charge is 0.275 e. The second-order valence-electron chi connectivity index (χ2n) is 8.45. The van der Waals surface area contributed by atoms with E-state index in [1.54, 1.807) is 23.1 Å². The quantitative estimate of drug-likeness (QED) is 0.723. The number of hydrogen-bond donors (Lipinski definition) is 1. The van der Waals surface area contributed by atoms with Crippen molar-refractivity contribution in [3.05, 3.63) is 53.7 Å². The molecule has 2 bridgehead atoms. The van der Waals surface area contributed by atoms with Crippen molar-refractivity contribution in [2.75, 3.05) is 5.32 Å². The predicted octanol–water partition coefficient (Wildman–Crippen LogP) is 2.75. The number of carbonyl (C=O) groups excluding carboxylic acids is 1. The van der Waals surface area contributed by atoms with Gasteiger partial charge in [0.15, 0.2) is 5.82 Å². The first-order valence-corrected chi connectivity index (χ1v) is 10.6. The van der Waals surface area contributed by atoms with Crippen LogP contribution in [0.25, 0.3) is 11.4 Å². The molecule has 3 aromatic rings. The summed E-state index contributed by atoms with van der Waals surface area (Å²) < 4.78 is 1.68. The maximum absolute atomic E-state index is 13.3. The van der Waals surface area contributed by atoms with E-state index in [0.717, 1.165) is 60.6 Å². The highest BCUT2D eigenvalue weighted by Gasteiger charge is 2.46. The highest BCUT2D eigenvalue weighted by Crippen LogP contribution is 2.47. The summed E-state index contributed by atoms with van der Waals surface area (Å²) in [7, 11) is 1.84. The molecule has 0 radical (unpaired) electrons. The Kier molecular flexibility index (Phi) is 3.87. The Morgan fingerprint density at radius 3 is 2.67 bits per heavy atom. The van der Waals surface area contributed by atoms with Crippen LogP contribution in [-0.4, -0.2) is 47.6 Å². The molecule has 2 unspecified atom stereocenters. The number of fused-ring (bicyclic) bond motifs is 4. The molecule has 1 amide bonds. The molecule has 2 aliphatic heterocycles. The Bertz CT molecular complexity index is 1120. The van der Waals surface area contributed by atoms with Gasteiger partial charge < -0.3 is 10.2 Å². The zero-order valence-electron chi connectivity index (χ0n) is 16.8. The van der Waals surface area contributed by atoms with Gasteiger partial charge in [0.1, 0.15) is 11.5 Å². The molecule has 1 aliphatic carbocycles. The van der Waals surface area contributed by atoms with E-state index >= 15 is 0 Å². The molecule has 2 fully saturated rings. The second-order valence-corrected chi connectivity index (χ2v) is 8.45. The number of nitrogens with one attached hydrogen (secondary N) is 1. The number of hydrogen-bond acceptors (Lipinski definition) is 6. The van der Waals surface area contributed by atoms with Crippen LogP contribution in [-0.2, 0) is 13.5 Å². The lowest BCUT2D eigenvalue weighted by Gasteiger charge is -2.36. The lowest BCUT2D eigenvalue weighted by Crippen LogP contribution is -2.43. The van der Waals surface area contributed by atoms with Gasteiger partial charge in [0.25, 0.3) is 5.91 Å². The van der Waals surface area contributed by atoms with Crippen LogP contribution in [0.5, 0.6) is 0 Å². The van der Waals surface area contributed by atoms with Crippen LogP contribution >= 0.6 is 0 Å². The Morgan fingerprint density at radius 2 is 1.93 bits per heavy atom. The Hall–Kier alpha value is -3.29. The number of rotatable bonds is 4. The normalized spacial score (nSPS) is 22.1. The van der Waals surface area contributed by atoms with Crippen LogP contribution in [0.2, 0.25) is 0 Å². The topological polar surface area (TPSA) is 88.8 Å². The molecule has 152 valence electrons. The average Bonchev–Trinajstić information content (AvgIpc) is 3.38. The fourth-order valence-electron chi connectivity index (χ4n) is 4.74. The van der Waals surface area contributed by atoms with Crippen molar-refractivity contribution in [2.45, 2.75) is 50.2 Å². The van der Waals surface area contributed by atoms with E-state index in [9.17, 15) is 4.79 Å². The van der Waals surface area contributed by atoms with Crippen molar-refractivity contribution in [1.29, 1.82) is 0 Å². The van der Waals surface area contributed by atoms with E-state index in [1.165, 1.54) is 0 Å².